The highest BCUT2D eigenvalue weighted by Crippen LogP contribution is 2.17. The molecule has 0 heterocycles. The van der Waals surface area contributed by atoms with Gasteiger partial charge in [-0.3, -0.25) is 4.79 Å². The number of carbonyl (C=O) groups is 1. The topological polar surface area (TPSA) is 26.3 Å². The summed E-state index contributed by atoms with van der Waals surface area (Å²) in [4.78, 5) is 11.4. The summed E-state index contributed by atoms with van der Waals surface area (Å²) in [5.41, 5.74) is 1.82. The Morgan fingerprint density at radius 1 is 1.50 bits per heavy atom. The molecule has 0 bridgehead atoms. The Bertz CT molecular complexity index is 318. The lowest BCUT2D eigenvalue weighted by Crippen LogP contribution is -2.00. The van der Waals surface area contributed by atoms with Crippen molar-refractivity contribution < 1.29 is 9.53 Å². The average molecular weight is 192 g/mol. The molecule has 0 saturated heterocycles. The third-order valence-electron chi connectivity index (χ3n) is 2.35. The van der Waals surface area contributed by atoms with Crippen molar-refractivity contribution in [3.63, 3.8) is 0 Å². The van der Waals surface area contributed by atoms with Crippen LogP contribution < -0.4 is 0 Å². The van der Waals surface area contributed by atoms with Crippen LogP contribution in [-0.2, 0) is 4.74 Å². The van der Waals surface area contributed by atoms with Crippen LogP contribution in [0.4, 0.5) is 0 Å². The van der Waals surface area contributed by atoms with Crippen molar-refractivity contribution in [2.24, 2.45) is 0 Å². The van der Waals surface area contributed by atoms with E-state index in [1.807, 2.05) is 38.1 Å². The first-order chi connectivity index (χ1) is 6.69. The van der Waals surface area contributed by atoms with Crippen molar-refractivity contribution >= 4 is 5.78 Å². The monoisotopic (exact) mass is 192 g/mol. The molecule has 0 saturated carbocycles. The zero-order chi connectivity index (χ0) is 10.6. The van der Waals surface area contributed by atoms with Gasteiger partial charge < -0.3 is 4.74 Å². The predicted octanol–water partition coefficient (Wildman–Crippen LogP) is 2.99. The summed E-state index contributed by atoms with van der Waals surface area (Å²) in [6, 6.07) is 7.62. The van der Waals surface area contributed by atoms with Crippen LogP contribution in [0, 0.1) is 0 Å². The molecule has 14 heavy (non-hydrogen) atoms. The molecule has 0 spiro atoms. The van der Waals surface area contributed by atoms with E-state index in [4.69, 9.17) is 4.74 Å². The van der Waals surface area contributed by atoms with Crippen molar-refractivity contribution in [2.75, 3.05) is 7.11 Å². The Balaban J connectivity index is 2.95. The van der Waals surface area contributed by atoms with Gasteiger partial charge in [-0.2, -0.15) is 0 Å². The maximum absolute atomic E-state index is 11.4. The summed E-state index contributed by atoms with van der Waals surface area (Å²) < 4.78 is 5.19. The van der Waals surface area contributed by atoms with Crippen LogP contribution in [0.25, 0.3) is 0 Å². The maximum atomic E-state index is 11.4. The Hall–Kier alpha value is -1.15. The minimum Gasteiger partial charge on any atom is -0.377 e. The molecule has 0 aliphatic carbocycles. The van der Waals surface area contributed by atoms with Gasteiger partial charge >= 0.3 is 0 Å². The molecule has 0 N–H and O–H groups in total. The van der Waals surface area contributed by atoms with Gasteiger partial charge in [0.1, 0.15) is 0 Å². The first kappa shape index (κ1) is 10.9. The first-order valence-electron chi connectivity index (χ1n) is 4.85. The van der Waals surface area contributed by atoms with Crippen LogP contribution in [0.3, 0.4) is 0 Å². The molecule has 2 nitrogen and oxygen atoms in total. The fraction of sp³-hybridized carbons (Fsp3) is 0.417. The third kappa shape index (κ3) is 2.42. The Kier molecular flexibility index (Phi) is 3.84. The average Bonchev–Trinajstić information content (AvgIpc) is 2.27. The van der Waals surface area contributed by atoms with E-state index in [-0.39, 0.29) is 11.9 Å². The van der Waals surface area contributed by atoms with Crippen molar-refractivity contribution in [3.05, 3.63) is 35.4 Å². The molecular formula is C12H16O2. The summed E-state index contributed by atoms with van der Waals surface area (Å²) in [5.74, 6) is 0.176. The van der Waals surface area contributed by atoms with Crippen LogP contribution in [0.5, 0.6) is 0 Å². The lowest BCUT2D eigenvalue weighted by molar-refractivity contribution is 0.0987. The lowest BCUT2D eigenvalue weighted by atomic mass is 10.0. The number of Topliss-reactive ketones (excluding diaryl/α,β-unsaturated/α-hetero) is 1. The summed E-state index contributed by atoms with van der Waals surface area (Å²) in [6.07, 6.45) is 0.588. The zero-order valence-electron chi connectivity index (χ0n) is 8.91. The van der Waals surface area contributed by atoms with E-state index in [1.165, 1.54) is 0 Å². The molecule has 2 heteroatoms. The number of carbonyl (C=O) groups excluding carboxylic acids is 1. The van der Waals surface area contributed by atoms with Gasteiger partial charge in [0.25, 0.3) is 0 Å². The second kappa shape index (κ2) is 4.91. The molecule has 0 aromatic heterocycles. The van der Waals surface area contributed by atoms with Gasteiger partial charge in [-0.1, -0.05) is 25.1 Å². The molecule has 1 aromatic rings. The van der Waals surface area contributed by atoms with Gasteiger partial charge in [0, 0.05) is 19.1 Å². The second-order valence-electron chi connectivity index (χ2n) is 3.28. The molecule has 1 aromatic carbocycles. The SMILES string of the molecule is CCC(=O)c1cccc(C(C)OC)c1. The van der Waals surface area contributed by atoms with Gasteiger partial charge in [0.2, 0.25) is 0 Å². The number of methoxy groups -OCH3 is 1. The molecule has 0 amide bonds. The highest BCUT2D eigenvalue weighted by molar-refractivity contribution is 5.95. The quantitative estimate of drug-likeness (QED) is 0.685. The van der Waals surface area contributed by atoms with Crippen LogP contribution in [0.15, 0.2) is 24.3 Å². The molecule has 0 aliphatic heterocycles. The highest BCUT2D eigenvalue weighted by atomic mass is 16.5. The number of ketones is 1. The van der Waals surface area contributed by atoms with Crippen molar-refractivity contribution in [1.29, 1.82) is 0 Å². The number of benzene rings is 1. The number of hydrogen-bond acceptors (Lipinski definition) is 2. The summed E-state index contributed by atoms with van der Waals surface area (Å²) in [6.45, 7) is 3.84. The van der Waals surface area contributed by atoms with Gasteiger partial charge in [0.15, 0.2) is 5.78 Å². The zero-order valence-corrected chi connectivity index (χ0v) is 8.91. The first-order valence-corrected chi connectivity index (χ1v) is 4.85. The van der Waals surface area contributed by atoms with Crippen LogP contribution in [0.1, 0.15) is 42.3 Å². The predicted molar refractivity (Wildman–Crippen MR) is 56.5 cm³/mol. The molecular weight excluding hydrogens is 176 g/mol. The smallest absolute Gasteiger partial charge is 0.162 e. The molecule has 0 radical (unpaired) electrons. The fourth-order valence-corrected chi connectivity index (χ4v) is 1.31. The van der Waals surface area contributed by atoms with E-state index in [0.29, 0.717) is 6.42 Å². The maximum Gasteiger partial charge on any atom is 0.162 e. The van der Waals surface area contributed by atoms with Gasteiger partial charge in [-0.05, 0) is 18.6 Å². The molecule has 1 atom stereocenters. The third-order valence-corrected chi connectivity index (χ3v) is 2.35. The fourth-order valence-electron chi connectivity index (χ4n) is 1.31. The van der Waals surface area contributed by atoms with Gasteiger partial charge in [-0.15, -0.1) is 0 Å². The largest absolute Gasteiger partial charge is 0.377 e. The van der Waals surface area contributed by atoms with Gasteiger partial charge in [0.05, 0.1) is 6.10 Å². The van der Waals surface area contributed by atoms with E-state index >= 15 is 0 Å². The molecule has 0 aliphatic rings. The lowest BCUT2D eigenvalue weighted by Gasteiger charge is -2.10. The van der Waals surface area contributed by atoms with Gasteiger partial charge in [-0.25, -0.2) is 0 Å². The Morgan fingerprint density at radius 3 is 2.79 bits per heavy atom. The number of ether oxygens (including phenoxy) is 1. The van der Waals surface area contributed by atoms with Crippen LogP contribution in [-0.4, -0.2) is 12.9 Å². The molecule has 1 unspecified atom stereocenters. The molecule has 1 rings (SSSR count). The van der Waals surface area contributed by atoms with Crippen LogP contribution in [0.2, 0.25) is 0 Å². The van der Waals surface area contributed by atoms with Crippen molar-refractivity contribution in [2.45, 2.75) is 26.4 Å². The van der Waals surface area contributed by atoms with Crippen LogP contribution >= 0.6 is 0 Å². The summed E-state index contributed by atoms with van der Waals surface area (Å²) in [7, 11) is 1.67. The minimum absolute atomic E-state index is 0.0413. The number of rotatable bonds is 4. The van der Waals surface area contributed by atoms with E-state index in [9.17, 15) is 4.79 Å². The standard InChI is InChI=1S/C12H16O2/c1-4-12(13)11-7-5-6-10(8-11)9(2)14-3/h5-9H,4H2,1-3H3. The second-order valence-corrected chi connectivity index (χ2v) is 3.28. The van der Waals surface area contributed by atoms with Crippen molar-refractivity contribution in [3.8, 4) is 0 Å². The Morgan fingerprint density at radius 2 is 2.21 bits per heavy atom. The minimum atomic E-state index is 0.0413. The van der Waals surface area contributed by atoms with E-state index in [0.717, 1.165) is 11.1 Å². The summed E-state index contributed by atoms with van der Waals surface area (Å²) in [5, 5.41) is 0. The molecule has 76 valence electrons. The van der Waals surface area contributed by atoms with E-state index in [2.05, 4.69) is 0 Å². The van der Waals surface area contributed by atoms with Crippen molar-refractivity contribution in [1.82, 2.24) is 0 Å². The normalized spacial score (nSPS) is 12.5. The highest BCUT2D eigenvalue weighted by Gasteiger charge is 2.07. The Labute approximate surface area is 84.9 Å². The number of hydrogen-bond donors (Lipinski definition) is 0. The summed E-state index contributed by atoms with van der Waals surface area (Å²) >= 11 is 0. The molecule has 0 fully saturated rings. The van der Waals surface area contributed by atoms with E-state index < -0.39 is 0 Å². The van der Waals surface area contributed by atoms with E-state index in [1.54, 1.807) is 7.11 Å².